The summed E-state index contributed by atoms with van der Waals surface area (Å²) in [5.74, 6) is -0.685. The van der Waals surface area contributed by atoms with E-state index in [2.05, 4.69) is 35.6 Å². The summed E-state index contributed by atoms with van der Waals surface area (Å²) < 4.78 is 15.0. The maximum atomic E-state index is 15.0. The molecule has 1 aromatic heterocycles. The first-order chi connectivity index (χ1) is 16.9. The number of halogens is 1. The Hall–Kier alpha value is -2.96. The van der Waals surface area contributed by atoms with Gasteiger partial charge in [-0.1, -0.05) is 49.9 Å². The summed E-state index contributed by atoms with van der Waals surface area (Å²) in [6.07, 6.45) is 13.9. The van der Waals surface area contributed by atoms with E-state index in [4.69, 9.17) is 10.8 Å². The summed E-state index contributed by atoms with van der Waals surface area (Å²) in [4.78, 5) is 16.5. The van der Waals surface area contributed by atoms with Gasteiger partial charge in [-0.25, -0.2) is 4.39 Å². The monoisotopic (exact) mass is 497 g/mol. The van der Waals surface area contributed by atoms with Gasteiger partial charge >= 0.3 is 0 Å². The molecule has 0 aliphatic carbocycles. The highest BCUT2D eigenvalue weighted by Crippen LogP contribution is 2.29. The van der Waals surface area contributed by atoms with Crippen molar-refractivity contribution >= 4 is 5.91 Å². The van der Waals surface area contributed by atoms with Crippen molar-refractivity contribution in [1.82, 2.24) is 9.88 Å². The zero-order chi connectivity index (χ0) is 27.1. The lowest BCUT2D eigenvalue weighted by molar-refractivity contribution is -0.113. The van der Waals surface area contributed by atoms with Crippen molar-refractivity contribution in [1.29, 1.82) is 0 Å². The molecule has 1 aromatic rings. The molecule has 0 saturated carbocycles. The molecule has 1 saturated heterocycles. The van der Waals surface area contributed by atoms with Crippen LogP contribution in [-0.2, 0) is 4.79 Å². The Morgan fingerprint density at radius 1 is 1.36 bits per heavy atom. The van der Waals surface area contributed by atoms with Crippen LogP contribution in [0.4, 0.5) is 4.39 Å². The quantitative estimate of drug-likeness (QED) is 0.302. The number of nitrogens with two attached hydrogens (primary N) is 1. The Morgan fingerprint density at radius 2 is 2.06 bits per heavy atom. The molecule has 0 aromatic carbocycles. The van der Waals surface area contributed by atoms with Crippen LogP contribution in [0.25, 0.3) is 0 Å². The van der Waals surface area contributed by atoms with Gasteiger partial charge in [-0.05, 0) is 88.3 Å². The number of aromatic amines is 1. The largest absolute Gasteiger partial charge is 0.391 e. The predicted molar refractivity (Wildman–Crippen MR) is 149 cm³/mol. The second-order valence-electron chi connectivity index (χ2n) is 10.2. The third kappa shape index (κ3) is 13.8. The zero-order valence-corrected chi connectivity index (χ0v) is 22.5. The molecule has 1 fully saturated rings. The molecule has 2 rings (SSSR count). The fraction of sp³-hybridized carbons (Fsp3) is 0.433. The van der Waals surface area contributed by atoms with Crippen molar-refractivity contribution in [3.63, 3.8) is 0 Å². The average molecular weight is 498 g/mol. The molecule has 1 aliphatic rings. The maximum Gasteiger partial charge on any atom is 0.241 e. The van der Waals surface area contributed by atoms with Crippen molar-refractivity contribution in [3.8, 4) is 0 Å². The van der Waals surface area contributed by atoms with Crippen LogP contribution < -0.4 is 5.73 Å². The highest BCUT2D eigenvalue weighted by atomic mass is 19.1. The average Bonchev–Trinajstić information content (AvgIpc) is 2.88. The number of carbonyl (C=O) groups excluding carboxylic acids is 1. The number of allylic oxidation sites excluding steroid dienone is 4. The van der Waals surface area contributed by atoms with Crippen molar-refractivity contribution in [2.75, 3.05) is 19.6 Å². The minimum Gasteiger partial charge on any atom is -0.391 e. The first-order valence-corrected chi connectivity index (χ1v) is 12.5. The van der Waals surface area contributed by atoms with Crippen molar-refractivity contribution in [2.24, 2.45) is 11.7 Å². The second kappa shape index (κ2) is 15.9. The number of rotatable bonds is 8. The normalized spacial score (nSPS) is 18.1. The van der Waals surface area contributed by atoms with E-state index >= 15 is 0 Å². The molecule has 2 heterocycles. The molecular weight excluding hydrogens is 453 g/mol. The summed E-state index contributed by atoms with van der Waals surface area (Å²) in [7, 11) is 0. The van der Waals surface area contributed by atoms with E-state index in [0.29, 0.717) is 18.0 Å². The van der Waals surface area contributed by atoms with Crippen molar-refractivity contribution in [2.45, 2.75) is 59.0 Å². The van der Waals surface area contributed by atoms with Crippen LogP contribution in [-0.4, -0.2) is 46.1 Å². The van der Waals surface area contributed by atoms with Gasteiger partial charge in [0.05, 0.1) is 5.60 Å². The molecule has 0 spiro atoms. The van der Waals surface area contributed by atoms with E-state index < -0.39 is 11.5 Å². The number of nitrogens with one attached hydrogen (secondary N) is 1. The summed E-state index contributed by atoms with van der Waals surface area (Å²) in [5.41, 5.74) is 7.74. The first kappa shape index (κ1) is 31.1. The van der Waals surface area contributed by atoms with Crippen molar-refractivity contribution in [3.05, 3.63) is 96.1 Å². The highest BCUT2D eigenvalue weighted by molar-refractivity contribution is 5.85. The van der Waals surface area contributed by atoms with E-state index in [1.165, 1.54) is 23.3 Å². The van der Waals surface area contributed by atoms with Gasteiger partial charge in [0, 0.05) is 31.1 Å². The van der Waals surface area contributed by atoms with Gasteiger partial charge in [0.1, 0.15) is 5.83 Å². The molecule has 0 bridgehead atoms. The van der Waals surface area contributed by atoms with Crippen LogP contribution in [0, 0.1) is 12.8 Å². The number of carbonyl (C=O) groups is 1. The van der Waals surface area contributed by atoms with E-state index in [1.807, 2.05) is 31.3 Å². The Kier molecular flexibility index (Phi) is 13.7. The summed E-state index contributed by atoms with van der Waals surface area (Å²) >= 11 is 0. The lowest BCUT2D eigenvalue weighted by Gasteiger charge is -2.33. The lowest BCUT2D eigenvalue weighted by Crippen LogP contribution is -2.36. The molecule has 4 N–H and O–H groups in total. The Morgan fingerprint density at radius 3 is 2.69 bits per heavy atom. The summed E-state index contributed by atoms with van der Waals surface area (Å²) in [6, 6.07) is 8.15. The number of aromatic nitrogens is 1. The van der Waals surface area contributed by atoms with Gasteiger partial charge in [-0.3, -0.25) is 9.69 Å². The van der Waals surface area contributed by atoms with Gasteiger partial charge in [0.2, 0.25) is 5.91 Å². The summed E-state index contributed by atoms with van der Waals surface area (Å²) in [5, 5.41) is 8.52. The van der Waals surface area contributed by atoms with Gasteiger partial charge in [-0.2, -0.15) is 0 Å². The highest BCUT2D eigenvalue weighted by Gasteiger charge is 2.23. The van der Waals surface area contributed by atoms with Gasteiger partial charge < -0.3 is 15.8 Å². The number of piperidine rings is 1. The van der Waals surface area contributed by atoms with E-state index in [0.717, 1.165) is 25.9 Å². The van der Waals surface area contributed by atoms with Gasteiger partial charge in [0.15, 0.2) is 0 Å². The number of hydrogen-bond donors (Lipinski definition) is 3. The number of amides is 1. The zero-order valence-electron chi connectivity index (χ0n) is 22.5. The third-order valence-electron chi connectivity index (χ3n) is 5.39. The minimum atomic E-state index is -0.536. The number of likely N-dealkylation sites (tertiary alicyclic amines) is 1. The Balaban J connectivity index is 0.00000118. The Labute approximate surface area is 216 Å². The molecule has 5 nitrogen and oxygen atoms in total. The van der Waals surface area contributed by atoms with E-state index in [9.17, 15) is 9.18 Å². The Bertz CT molecular complexity index is 978. The minimum absolute atomic E-state index is 0.237. The van der Waals surface area contributed by atoms with E-state index in [1.54, 1.807) is 39.0 Å². The first-order valence-electron chi connectivity index (χ1n) is 12.5. The SMILES string of the molecule is C=C/C=C(CN1CCCC(c2c[nH]cccccc2C)C1)\C(F)=C/C(C)/C=C/C(N)=O.CC(C)(C)O. The predicted octanol–water partition coefficient (Wildman–Crippen LogP) is 6.05. The van der Waals surface area contributed by atoms with Crippen LogP contribution in [0.1, 0.15) is 57.6 Å². The van der Waals surface area contributed by atoms with E-state index in [-0.39, 0.29) is 11.7 Å². The molecular formula is C30H44FN3O2. The fourth-order valence-electron chi connectivity index (χ4n) is 3.85. The molecule has 6 heteroatoms. The van der Waals surface area contributed by atoms with Crippen molar-refractivity contribution < 1.29 is 14.3 Å². The molecule has 1 amide bonds. The van der Waals surface area contributed by atoms with Crippen LogP contribution >= 0.6 is 0 Å². The molecule has 198 valence electrons. The fourth-order valence-corrected chi connectivity index (χ4v) is 3.85. The van der Waals surface area contributed by atoms with Gasteiger partial charge in [0.25, 0.3) is 0 Å². The number of primary amides is 1. The third-order valence-corrected chi connectivity index (χ3v) is 5.39. The van der Waals surface area contributed by atoms with Crippen LogP contribution in [0.3, 0.4) is 0 Å². The molecule has 1 aliphatic heterocycles. The number of H-pyrrole nitrogens is 1. The topological polar surface area (TPSA) is 82.3 Å². The number of aryl methyl sites for hydroxylation is 1. The maximum absolute atomic E-state index is 15.0. The molecule has 0 radical (unpaired) electrons. The van der Waals surface area contributed by atoms with Crippen LogP contribution in [0.15, 0.2) is 85.0 Å². The number of aliphatic hydroxyl groups is 1. The standard InChI is InChI=1S/C26H34FN3O.C4H10O/c1-4-9-23(25(27)16-20(2)12-13-26(28)31)19-30-15-8-11-22(18-30)24-17-29-14-7-5-6-10-21(24)3;1-4(2,3)5/h4-7,9-10,12-14,16-17,20,22,29H,1,8,11,15,18-19H2,2-3H3,(H2,28,31);5H,1-3H3/b6-5?,13-12+,14-7?,21-10?,23-9-,24-17?,25-16+;. The smallest absolute Gasteiger partial charge is 0.241 e. The molecule has 2 atom stereocenters. The second-order valence-corrected chi connectivity index (χ2v) is 10.2. The number of nitrogens with zero attached hydrogens (tertiary/aromatic N) is 1. The van der Waals surface area contributed by atoms with Crippen LogP contribution in [0.2, 0.25) is 0 Å². The van der Waals surface area contributed by atoms with Gasteiger partial charge in [-0.15, -0.1) is 0 Å². The number of hydrogen-bond acceptors (Lipinski definition) is 3. The molecule has 36 heavy (non-hydrogen) atoms. The van der Waals surface area contributed by atoms with Crippen LogP contribution in [0.5, 0.6) is 0 Å². The lowest BCUT2D eigenvalue weighted by atomic mass is 9.89. The molecule has 2 unspecified atom stereocenters. The summed E-state index contributed by atoms with van der Waals surface area (Å²) in [6.45, 7) is 15.2.